The Morgan fingerprint density at radius 1 is 1.38 bits per heavy atom. The van der Waals surface area contributed by atoms with Crippen molar-refractivity contribution in [1.29, 1.82) is 0 Å². The lowest BCUT2D eigenvalue weighted by atomic mass is 9.86. The third-order valence-electron chi connectivity index (χ3n) is 2.60. The average Bonchev–Trinajstić information content (AvgIpc) is 2.12. The Hall–Kier alpha value is -1.22. The fraction of sp³-hybridized carbons (Fsp3) is 0.417. The Kier molecular flexibility index (Phi) is 3.81. The third kappa shape index (κ3) is 2.47. The van der Waals surface area contributed by atoms with Crippen LogP contribution in [0.3, 0.4) is 0 Å². The van der Waals surface area contributed by atoms with Gasteiger partial charge in [0.1, 0.15) is 5.75 Å². The lowest BCUT2D eigenvalue weighted by molar-refractivity contribution is -0.139. The van der Waals surface area contributed by atoms with Gasteiger partial charge in [-0.1, -0.05) is 25.4 Å². The normalized spacial score (nSPS) is 12.8. The summed E-state index contributed by atoms with van der Waals surface area (Å²) in [7, 11) is 0. The molecule has 16 heavy (non-hydrogen) atoms. The van der Waals surface area contributed by atoms with Crippen molar-refractivity contribution in [2.75, 3.05) is 0 Å². The van der Waals surface area contributed by atoms with E-state index in [-0.39, 0.29) is 16.7 Å². The van der Waals surface area contributed by atoms with Crippen molar-refractivity contribution >= 4 is 17.6 Å². The van der Waals surface area contributed by atoms with Crippen molar-refractivity contribution in [3.8, 4) is 5.75 Å². The number of hydrogen-bond acceptors (Lipinski definition) is 2. The van der Waals surface area contributed by atoms with Crippen LogP contribution in [-0.2, 0) is 4.79 Å². The second-order valence-corrected chi connectivity index (χ2v) is 4.63. The van der Waals surface area contributed by atoms with Crippen LogP contribution in [0.15, 0.2) is 12.1 Å². The van der Waals surface area contributed by atoms with Crippen LogP contribution >= 0.6 is 11.6 Å². The van der Waals surface area contributed by atoms with Gasteiger partial charge in [0.2, 0.25) is 0 Å². The van der Waals surface area contributed by atoms with E-state index in [9.17, 15) is 9.90 Å². The zero-order valence-corrected chi connectivity index (χ0v) is 10.2. The van der Waals surface area contributed by atoms with Crippen molar-refractivity contribution in [2.45, 2.75) is 26.7 Å². The van der Waals surface area contributed by atoms with Gasteiger partial charge in [0, 0.05) is 0 Å². The summed E-state index contributed by atoms with van der Waals surface area (Å²) in [5.41, 5.74) is 1.40. The summed E-state index contributed by atoms with van der Waals surface area (Å²) in [6, 6.07) is 3.03. The quantitative estimate of drug-likeness (QED) is 0.856. The van der Waals surface area contributed by atoms with Crippen LogP contribution < -0.4 is 0 Å². The lowest BCUT2D eigenvalue weighted by Crippen LogP contribution is -2.18. The summed E-state index contributed by atoms with van der Waals surface area (Å²) >= 11 is 5.75. The van der Waals surface area contributed by atoms with E-state index < -0.39 is 11.9 Å². The highest BCUT2D eigenvalue weighted by atomic mass is 35.5. The van der Waals surface area contributed by atoms with E-state index >= 15 is 0 Å². The Balaban J connectivity index is 3.30. The van der Waals surface area contributed by atoms with Crippen LogP contribution in [0.2, 0.25) is 5.02 Å². The highest BCUT2D eigenvalue weighted by molar-refractivity contribution is 6.32. The molecule has 1 aromatic rings. The van der Waals surface area contributed by atoms with Crippen LogP contribution in [0.4, 0.5) is 0 Å². The zero-order valence-electron chi connectivity index (χ0n) is 9.49. The minimum atomic E-state index is -0.889. The number of rotatable bonds is 3. The van der Waals surface area contributed by atoms with Crippen LogP contribution in [0, 0.1) is 12.8 Å². The van der Waals surface area contributed by atoms with Crippen LogP contribution in [0.5, 0.6) is 5.75 Å². The number of benzene rings is 1. The fourth-order valence-corrected chi connectivity index (χ4v) is 2.01. The molecule has 3 nitrogen and oxygen atoms in total. The van der Waals surface area contributed by atoms with E-state index in [0.29, 0.717) is 5.56 Å². The minimum Gasteiger partial charge on any atom is -0.506 e. The second kappa shape index (κ2) is 4.74. The van der Waals surface area contributed by atoms with Gasteiger partial charge in [-0.3, -0.25) is 4.79 Å². The minimum absolute atomic E-state index is 0.0447. The maximum Gasteiger partial charge on any atom is 0.311 e. The molecule has 1 aromatic carbocycles. The molecule has 1 unspecified atom stereocenters. The number of phenolic OH excluding ortho intramolecular Hbond substituents is 1. The van der Waals surface area contributed by atoms with E-state index in [4.69, 9.17) is 16.7 Å². The molecule has 0 fully saturated rings. The first-order valence-electron chi connectivity index (χ1n) is 5.06. The number of carboxylic acids is 1. The number of hydrogen-bond donors (Lipinski definition) is 2. The predicted molar refractivity (Wildman–Crippen MR) is 63.1 cm³/mol. The van der Waals surface area contributed by atoms with Gasteiger partial charge in [-0.05, 0) is 36.1 Å². The molecule has 0 radical (unpaired) electrons. The van der Waals surface area contributed by atoms with Gasteiger partial charge in [0.15, 0.2) is 0 Å². The molecule has 0 aliphatic heterocycles. The number of carbonyl (C=O) groups is 1. The molecule has 1 rings (SSSR count). The molecule has 0 saturated carbocycles. The van der Waals surface area contributed by atoms with E-state index in [2.05, 4.69) is 0 Å². The molecule has 0 aliphatic carbocycles. The molecule has 0 aromatic heterocycles. The van der Waals surface area contributed by atoms with Crippen LogP contribution in [0.1, 0.15) is 30.9 Å². The first kappa shape index (κ1) is 12.8. The molecule has 0 saturated heterocycles. The second-order valence-electron chi connectivity index (χ2n) is 4.22. The first-order valence-corrected chi connectivity index (χ1v) is 5.44. The number of halogens is 1. The van der Waals surface area contributed by atoms with Gasteiger partial charge in [-0.15, -0.1) is 0 Å². The molecule has 1 atom stereocenters. The maximum atomic E-state index is 11.2. The van der Waals surface area contributed by atoms with E-state index in [1.807, 2.05) is 13.8 Å². The SMILES string of the molecule is Cc1cc(Cl)c(O)cc1C(C(=O)O)C(C)C. The summed E-state index contributed by atoms with van der Waals surface area (Å²) < 4.78 is 0. The lowest BCUT2D eigenvalue weighted by Gasteiger charge is -2.19. The van der Waals surface area contributed by atoms with Crippen LogP contribution in [0.25, 0.3) is 0 Å². The number of aryl methyl sites for hydroxylation is 1. The molecule has 88 valence electrons. The smallest absolute Gasteiger partial charge is 0.311 e. The molecule has 0 bridgehead atoms. The van der Waals surface area contributed by atoms with Crippen molar-refractivity contribution in [3.63, 3.8) is 0 Å². The van der Waals surface area contributed by atoms with Gasteiger partial charge in [-0.2, -0.15) is 0 Å². The molecule has 2 N–H and O–H groups in total. The van der Waals surface area contributed by atoms with Crippen molar-refractivity contribution in [2.24, 2.45) is 5.92 Å². The Morgan fingerprint density at radius 3 is 2.38 bits per heavy atom. The molecular formula is C12H15ClO3. The first-order chi connectivity index (χ1) is 7.34. The van der Waals surface area contributed by atoms with Crippen molar-refractivity contribution in [1.82, 2.24) is 0 Å². The third-order valence-corrected chi connectivity index (χ3v) is 2.91. The van der Waals surface area contributed by atoms with Crippen molar-refractivity contribution < 1.29 is 15.0 Å². The molecule has 0 amide bonds. The van der Waals surface area contributed by atoms with Gasteiger partial charge < -0.3 is 10.2 Å². The standard InChI is InChI=1S/C12H15ClO3/c1-6(2)11(12(15)16)8-5-10(14)9(13)4-7(8)3/h4-6,11,14H,1-3H3,(H,15,16). The summed E-state index contributed by atoms with van der Waals surface area (Å²) in [5, 5.41) is 18.9. The van der Waals surface area contributed by atoms with Gasteiger partial charge >= 0.3 is 5.97 Å². The number of aromatic hydroxyl groups is 1. The van der Waals surface area contributed by atoms with Crippen molar-refractivity contribution in [3.05, 3.63) is 28.3 Å². The Morgan fingerprint density at radius 2 is 1.94 bits per heavy atom. The highest BCUT2D eigenvalue weighted by Crippen LogP contribution is 2.34. The predicted octanol–water partition coefficient (Wildman–Crippen LogP) is 3.18. The van der Waals surface area contributed by atoms with Crippen LogP contribution in [-0.4, -0.2) is 16.2 Å². The maximum absolute atomic E-state index is 11.2. The average molecular weight is 243 g/mol. The van der Waals surface area contributed by atoms with Gasteiger partial charge in [0.25, 0.3) is 0 Å². The number of aliphatic carboxylic acids is 1. The molecule has 0 spiro atoms. The topological polar surface area (TPSA) is 57.5 Å². The zero-order chi connectivity index (χ0) is 12.5. The molecular weight excluding hydrogens is 228 g/mol. The van der Waals surface area contributed by atoms with E-state index in [1.54, 1.807) is 13.0 Å². The Bertz CT molecular complexity index is 413. The monoisotopic (exact) mass is 242 g/mol. The fourth-order valence-electron chi connectivity index (χ4n) is 1.79. The highest BCUT2D eigenvalue weighted by Gasteiger charge is 2.25. The number of carboxylic acid groups (broad SMARTS) is 1. The molecule has 4 heteroatoms. The Labute approximate surface area is 99.7 Å². The molecule has 0 heterocycles. The summed E-state index contributed by atoms with van der Waals surface area (Å²) in [6.45, 7) is 5.47. The van der Waals surface area contributed by atoms with E-state index in [1.165, 1.54) is 6.07 Å². The largest absolute Gasteiger partial charge is 0.506 e. The van der Waals surface area contributed by atoms with E-state index in [0.717, 1.165) is 5.56 Å². The van der Waals surface area contributed by atoms with Gasteiger partial charge in [-0.25, -0.2) is 0 Å². The molecule has 0 aliphatic rings. The summed E-state index contributed by atoms with van der Waals surface area (Å²) in [6.07, 6.45) is 0. The summed E-state index contributed by atoms with van der Waals surface area (Å²) in [4.78, 5) is 11.2. The summed E-state index contributed by atoms with van der Waals surface area (Å²) in [5.74, 6) is -1.63. The number of phenols is 1. The van der Waals surface area contributed by atoms with Gasteiger partial charge in [0.05, 0.1) is 10.9 Å².